The minimum absolute atomic E-state index is 0.226. The highest BCUT2D eigenvalue weighted by Crippen LogP contribution is 2.47. The van der Waals surface area contributed by atoms with Gasteiger partial charge >= 0.3 is 0 Å². The van der Waals surface area contributed by atoms with Crippen molar-refractivity contribution in [1.82, 2.24) is 0 Å². The van der Waals surface area contributed by atoms with Crippen LogP contribution >= 0.6 is 35.4 Å². The number of aliphatic hydroxyl groups is 1. The standard InChI is InChI=1S/C26H24Cl2N4OS/c1-4-14-31-23-15-21(27)22(28)16-24(23)32(26(31,2)33)17-18-10-12-19(13-11-18)29-25(34)30(3)20-8-6-5-7-9-20/h1,5-13,15-16,33H,14,17H2,2-3H3,(H,29,34). The molecule has 2 N–H and O–H groups in total. The molecule has 1 aliphatic heterocycles. The second-order valence-corrected chi connectivity index (χ2v) is 9.33. The maximum absolute atomic E-state index is 11.4. The molecule has 1 heterocycles. The Morgan fingerprint density at radius 1 is 1.06 bits per heavy atom. The van der Waals surface area contributed by atoms with E-state index in [1.165, 1.54) is 0 Å². The van der Waals surface area contributed by atoms with Gasteiger partial charge in [0, 0.05) is 31.9 Å². The lowest BCUT2D eigenvalue weighted by Gasteiger charge is -2.37. The number of nitrogens with one attached hydrogen (secondary N) is 1. The largest absolute Gasteiger partial charge is 0.354 e. The molecular weight excluding hydrogens is 487 g/mol. The molecule has 3 aromatic carbocycles. The molecule has 34 heavy (non-hydrogen) atoms. The maximum atomic E-state index is 11.4. The first-order chi connectivity index (χ1) is 16.2. The molecule has 0 saturated carbocycles. The van der Waals surface area contributed by atoms with Crippen LogP contribution in [0.5, 0.6) is 0 Å². The number of halogens is 2. The molecule has 3 aromatic rings. The van der Waals surface area contributed by atoms with E-state index in [9.17, 15) is 5.11 Å². The van der Waals surface area contributed by atoms with E-state index in [0.29, 0.717) is 21.7 Å². The fourth-order valence-corrected chi connectivity index (χ4v) is 4.51. The van der Waals surface area contributed by atoms with Crippen LogP contribution in [0.2, 0.25) is 10.0 Å². The van der Waals surface area contributed by atoms with Crippen LogP contribution < -0.4 is 20.0 Å². The van der Waals surface area contributed by atoms with Gasteiger partial charge in [-0.25, -0.2) is 0 Å². The molecular formula is C26H24Cl2N4OS. The van der Waals surface area contributed by atoms with Crippen molar-refractivity contribution in [3.8, 4) is 12.3 Å². The highest BCUT2D eigenvalue weighted by molar-refractivity contribution is 7.80. The normalized spacial score (nSPS) is 16.7. The van der Waals surface area contributed by atoms with Crippen LogP contribution in [0.4, 0.5) is 22.7 Å². The van der Waals surface area contributed by atoms with E-state index in [1.807, 2.05) is 71.4 Å². The van der Waals surface area contributed by atoms with Crippen molar-refractivity contribution in [2.45, 2.75) is 19.3 Å². The van der Waals surface area contributed by atoms with Crippen molar-refractivity contribution in [2.24, 2.45) is 0 Å². The van der Waals surface area contributed by atoms with E-state index in [4.69, 9.17) is 41.8 Å². The van der Waals surface area contributed by atoms with E-state index >= 15 is 0 Å². The summed E-state index contributed by atoms with van der Waals surface area (Å²) in [6.07, 6.45) is 5.57. The van der Waals surface area contributed by atoms with Crippen LogP contribution in [-0.4, -0.2) is 29.7 Å². The first-order valence-electron chi connectivity index (χ1n) is 10.6. The minimum atomic E-state index is -1.35. The van der Waals surface area contributed by atoms with E-state index in [0.717, 1.165) is 28.3 Å². The first-order valence-corrected chi connectivity index (χ1v) is 11.8. The summed E-state index contributed by atoms with van der Waals surface area (Å²) < 4.78 is 0. The molecule has 0 amide bonds. The second kappa shape index (κ2) is 9.73. The molecule has 174 valence electrons. The number of hydrogen-bond acceptors (Lipinski definition) is 4. The van der Waals surface area contributed by atoms with Gasteiger partial charge in [-0.2, -0.15) is 0 Å². The minimum Gasteiger partial charge on any atom is -0.354 e. The predicted octanol–water partition coefficient (Wildman–Crippen LogP) is 5.95. The highest BCUT2D eigenvalue weighted by Gasteiger charge is 2.44. The van der Waals surface area contributed by atoms with Gasteiger partial charge in [0.2, 0.25) is 5.85 Å². The molecule has 0 saturated heterocycles. The number of fused-ring (bicyclic) bond motifs is 1. The van der Waals surface area contributed by atoms with Gasteiger partial charge in [0.25, 0.3) is 0 Å². The number of benzene rings is 3. The van der Waals surface area contributed by atoms with Gasteiger partial charge in [-0.15, -0.1) is 6.42 Å². The van der Waals surface area contributed by atoms with Crippen LogP contribution in [-0.2, 0) is 6.54 Å². The van der Waals surface area contributed by atoms with Crippen molar-refractivity contribution >= 4 is 63.3 Å². The van der Waals surface area contributed by atoms with Crippen LogP contribution in [0.1, 0.15) is 12.5 Å². The Morgan fingerprint density at radius 2 is 1.65 bits per heavy atom. The topological polar surface area (TPSA) is 42.0 Å². The number of hydrogen-bond donors (Lipinski definition) is 2. The third kappa shape index (κ3) is 4.66. The summed E-state index contributed by atoms with van der Waals surface area (Å²) in [6.45, 7) is 2.37. The van der Waals surface area contributed by atoms with E-state index in [2.05, 4.69) is 11.2 Å². The van der Waals surface area contributed by atoms with Crippen molar-refractivity contribution in [3.63, 3.8) is 0 Å². The van der Waals surface area contributed by atoms with Crippen LogP contribution in [0.15, 0.2) is 66.7 Å². The lowest BCUT2D eigenvalue weighted by molar-refractivity contribution is 0.0607. The van der Waals surface area contributed by atoms with Gasteiger partial charge < -0.3 is 25.1 Å². The zero-order chi connectivity index (χ0) is 24.5. The summed E-state index contributed by atoms with van der Waals surface area (Å²) in [5, 5.41) is 16.1. The van der Waals surface area contributed by atoms with Crippen molar-refractivity contribution in [1.29, 1.82) is 0 Å². The number of nitrogens with zero attached hydrogens (tertiary/aromatic N) is 3. The summed E-state index contributed by atoms with van der Waals surface area (Å²) in [5.74, 6) is 1.26. The molecule has 5 nitrogen and oxygen atoms in total. The molecule has 4 rings (SSSR count). The van der Waals surface area contributed by atoms with Gasteiger partial charge in [0.05, 0.1) is 28.0 Å². The summed E-state index contributed by atoms with van der Waals surface area (Å²) in [4.78, 5) is 5.51. The first kappa shape index (κ1) is 24.2. The number of thiocarbonyl (C=S) groups is 1. The fraction of sp³-hybridized carbons (Fsp3) is 0.192. The summed E-state index contributed by atoms with van der Waals surface area (Å²) in [5.41, 5.74) is 4.37. The summed E-state index contributed by atoms with van der Waals surface area (Å²) >= 11 is 18.1. The van der Waals surface area contributed by atoms with Gasteiger partial charge in [-0.1, -0.05) is 59.5 Å². The van der Waals surface area contributed by atoms with E-state index in [-0.39, 0.29) is 6.54 Å². The quantitative estimate of drug-likeness (QED) is 0.326. The van der Waals surface area contributed by atoms with Gasteiger partial charge in [0.1, 0.15) is 0 Å². The molecule has 0 aliphatic carbocycles. The molecule has 1 unspecified atom stereocenters. The lowest BCUT2D eigenvalue weighted by atomic mass is 10.1. The van der Waals surface area contributed by atoms with Crippen molar-refractivity contribution < 1.29 is 5.11 Å². The SMILES string of the molecule is C#CCN1c2cc(Cl)c(Cl)cc2N(Cc2ccc(NC(=S)N(C)c3ccccc3)cc2)C1(C)O. The molecule has 8 heteroatoms. The zero-order valence-corrected chi connectivity index (χ0v) is 21.1. The van der Waals surface area contributed by atoms with Crippen molar-refractivity contribution in [2.75, 3.05) is 33.6 Å². The Bertz CT molecular complexity index is 1240. The Hall–Kier alpha value is -2.95. The van der Waals surface area contributed by atoms with Gasteiger partial charge in [-0.3, -0.25) is 0 Å². The number of para-hydroxylation sites is 1. The Kier molecular flexibility index (Phi) is 6.92. The Labute approximate surface area is 215 Å². The van der Waals surface area contributed by atoms with E-state index < -0.39 is 5.85 Å². The number of terminal acetylenes is 1. The zero-order valence-electron chi connectivity index (χ0n) is 18.8. The molecule has 0 bridgehead atoms. The maximum Gasteiger partial charge on any atom is 0.217 e. The average Bonchev–Trinajstić information content (AvgIpc) is 3.01. The molecule has 0 aromatic heterocycles. The Morgan fingerprint density at radius 3 is 2.24 bits per heavy atom. The highest BCUT2D eigenvalue weighted by atomic mass is 35.5. The average molecular weight is 511 g/mol. The molecule has 1 atom stereocenters. The van der Waals surface area contributed by atoms with Crippen molar-refractivity contribution in [3.05, 3.63) is 82.3 Å². The number of anilines is 4. The van der Waals surface area contributed by atoms with Crippen LogP contribution in [0.3, 0.4) is 0 Å². The monoisotopic (exact) mass is 510 g/mol. The fourth-order valence-electron chi connectivity index (χ4n) is 3.97. The third-order valence-electron chi connectivity index (χ3n) is 5.87. The molecule has 0 spiro atoms. The van der Waals surface area contributed by atoms with E-state index in [1.54, 1.807) is 24.0 Å². The van der Waals surface area contributed by atoms with Crippen LogP contribution in [0, 0.1) is 12.3 Å². The summed E-state index contributed by atoms with van der Waals surface area (Å²) in [6, 6.07) is 21.3. The van der Waals surface area contributed by atoms with Crippen LogP contribution in [0.25, 0.3) is 0 Å². The Balaban J connectivity index is 1.53. The van der Waals surface area contributed by atoms with Gasteiger partial charge in [-0.05, 0) is 54.2 Å². The smallest absolute Gasteiger partial charge is 0.217 e. The lowest BCUT2D eigenvalue weighted by Crippen LogP contribution is -2.54. The predicted molar refractivity (Wildman–Crippen MR) is 147 cm³/mol. The molecule has 0 fully saturated rings. The summed E-state index contributed by atoms with van der Waals surface area (Å²) in [7, 11) is 1.92. The third-order valence-corrected chi connectivity index (χ3v) is 6.96. The second-order valence-electron chi connectivity index (χ2n) is 8.12. The molecule has 0 radical (unpaired) electrons. The van der Waals surface area contributed by atoms with Gasteiger partial charge in [0.15, 0.2) is 5.11 Å². The molecule has 1 aliphatic rings. The number of rotatable bonds is 5.